The summed E-state index contributed by atoms with van der Waals surface area (Å²) in [4.78, 5) is 6.45. The highest BCUT2D eigenvalue weighted by atomic mass is 32.1. The van der Waals surface area contributed by atoms with Crippen LogP contribution in [0.25, 0.3) is 0 Å². The maximum atomic E-state index is 5.03. The van der Waals surface area contributed by atoms with E-state index in [1.807, 2.05) is 11.3 Å². The number of aryl methyl sites for hydroxylation is 2. The van der Waals surface area contributed by atoms with Crippen LogP contribution in [0.1, 0.15) is 74.9 Å². The second-order valence-corrected chi connectivity index (χ2v) is 8.77. The molecule has 3 rings (SSSR count). The highest BCUT2D eigenvalue weighted by Gasteiger charge is 2.46. The smallest absolute Gasteiger partial charge is 0.113 e. The third kappa shape index (κ3) is 2.80. The number of hydrogen-bond acceptors (Lipinski definition) is 3. The standard InChI is InChI=1S/C17H28N2S/c1-5-14-12(2)20-15(18-14)17(19-13-7-8-13)10-6-9-16(3,4)11-17/h13,19H,5-11H2,1-4H3. The number of nitrogens with zero attached hydrogens (tertiary/aromatic N) is 1. The van der Waals surface area contributed by atoms with Gasteiger partial charge in [-0.2, -0.15) is 0 Å². The zero-order valence-corrected chi connectivity index (χ0v) is 14.2. The van der Waals surface area contributed by atoms with Gasteiger partial charge < -0.3 is 5.32 Å². The van der Waals surface area contributed by atoms with Crippen LogP contribution < -0.4 is 5.32 Å². The first-order chi connectivity index (χ1) is 9.44. The lowest BCUT2D eigenvalue weighted by Crippen LogP contribution is -2.49. The SMILES string of the molecule is CCc1nc(C2(NC3CC3)CCCC(C)(C)C2)sc1C. The summed E-state index contributed by atoms with van der Waals surface area (Å²) in [6.45, 7) is 9.31. The average Bonchev–Trinajstić information content (AvgIpc) is 3.08. The topological polar surface area (TPSA) is 24.9 Å². The van der Waals surface area contributed by atoms with Gasteiger partial charge in [0.15, 0.2) is 0 Å². The third-order valence-electron chi connectivity index (χ3n) is 4.93. The molecule has 2 nitrogen and oxygen atoms in total. The quantitative estimate of drug-likeness (QED) is 0.880. The summed E-state index contributed by atoms with van der Waals surface area (Å²) >= 11 is 1.94. The Morgan fingerprint density at radius 3 is 2.60 bits per heavy atom. The zero-order chi connectivity index (χ0) is 14.4. The molecule has 2 saturated carbocycles. The molecule has 0 aliphatic heterocycles. The molecule has 1 atom stereocenters. The van der Waals surface area contributed by atoms with Crippen molar-refractivity contribution in [2.45, 2.75) is 84.2 Å². The van der Waals surface area contributed by atoms with Crippen LogP contribution in [0.5, 0.6) is 0 Å². The summed E-state index contributed by atoms with van der Waals surface area (Å²) in [5.41, 5.74) is 1.91. The molecule has 0 bridgehead atoms. The van der Waals surface area contributed by atoms with E-state index in [0.29, 0.717) is 5.41 Å². The van der Waals surface area contributed by atoms with E-state index in [0.717, 1.165) is 12.5 Å². The molecule has 2 aliphatic carbocycles. The first-order valence-electron chi connectivity index (χ1n) is 8.19. The lowest BCUT2D eigenvalue weighted by molar-refractivity contribution is 0.116. The lowest BCUT2D eigenvalue weighted by Gasteiger charge is -2.44. The van der Waals surface area contributed by atoms with Crippen LogP contribution in [0.3, 0.4) is 0 Å². The molecule has 1 aromatic heterocycles. The van der Waals surface area contributed by atoms with E-state index in [-0.39, 0.29) is 5.54 Å². The third-order valence-corrected chi connectivity index (χ3v) is 6.15. The van der Waals surface area contributed by atoms with E-state index in [9.17, 15) is 0 Å². The fourth-order valence-corrected chi connectivity index (χ4v) is 4.99. The Hall–Kier alpha value is -0.410. The van der Waals surface area contributed by atoms with Crippen LogP contribution in [0, 0.1) is 12.3 Å². The molecule has 0 amide bonds. The van der Waals surface area contributed by atoms with Crippen LogP contribution in [0.2, 0.25) is 0 Å². The molecule has 20 heavy (non-hydrogen) atoms. The van der Waals surface area contributed by atoms with Crippen molar-refractivity contribution in [3.05, 3.63) is 15.6 Å². The van der Waals surface area contributed by atoms with Crippen LogP contribution in [0.15, 0.2) is 0 Å². The Balaban J connectivity index is 1.95. The fraction of sp³-hybridized carbons (Fsp3) is 0.824. The van der Waals surface area contributed by atoms with Crippen molar-refractivity contribution in [1.29, 1.82) is 0 Å². The molecule has 0 aromatic carbocycles. The van der Waals surface area contributed by atoms with Gasteiger partial charge in [-0.25, -0.2) is 4.98 Å². The Morgan fingerprint density at radius 2 is 2.05 bits per heavy atom. The number of thiazole rings is 1. The maximum Gasteiger partial charge on any atom is 0.113 e. The monoisotopic (exact) mass is 292 g/mol. The minimum atomic E-state index is 0.158. The van der Waals surface area contributed by atoms with Gasteiger partial charge in [0.2, 0.25) is 0 Å². The van der Waals surface area contributed by atoms with Gasteiger partial charge in [0, 0.05) is 10.9 Å². The Morgan fingerprint density at radius 1 is 1.30 bits per heavy atom. The molecule has 1 N–H and O–H groups in total. The number of nitrogens with one attached hydrogen (secondary N) is 1. The van der Waals surface area contributed by atoms with Crippen LogP contribution in [-0.4, -0.2) is 11.0 Å². The molecule has 1 aromatic rings. The van der Waals surface area contributed by atoms with Gasteiger partial charge >= 0.3 is 0 Å². The number of aromatic nitrogens is 1. The van der Waals surface area contributed by atoms with Crippen molar-refractivity contribution >= 4 is 11.3 Å². The highest BCUT2D eigenvalue weighted by Crippen LogP contribution is 2.48. The summed E-state index contributed by atoms with van der Waals surface area (Å²) < 4.78 is 0. The van der Waals surface area contributed by atoms with Gasteiger partial charge in [-0.15, -0.1) is 11.3 Å². The van der Waals surface area contributed by atoms with Gasteiger partial charge in [-0.3, -0.25) is 0 Å². The van der Waals surface area contributed by atoms with Gasteiger partial charge in [0.1, 0.15) is 5.01 Å². The van der Waals surface area contributed by atoms with E-state index in [4.69, 9.17) is 4.98 Å². The van der Waals surface area contributed by atoms with Crippen molar-refractivity contribution in [2.24, 2.45) is 5.41 Å². The molecule has 1 unspecified atom stereocenters. The van der Waals surface area contributed by atoms with E-state index < -0.39 is 0 Å². The fourth-order valence-electron chi connectivity index (χ4n) is 3.81. The van der Waals surface area contributed by atoms with Crippen LogP contribution in [-0.2, 0) is 12.0 Å². The minimum absolute atomic E-state index is 0.158. The Bertz CT molecular complexity index is 487. The van der Waals surface area contributed by atoms with E-state index in [2.05, 4.69) is 33.0 Å². The highest BCUT2D eigenvalue weighted by molar-refractivity contribution is 7.11. The molecule has 2 aliphatic rings. The molecule has 1 heterocycles. The van der Waals surface area contributed by atoms with Crippen molar-refractivity contribution in [3.63, 3.8) is 0 Å². The number of rotatable bonds is 4. The molecular formula is C17H28N2S. The predicted octanol–water partition coefficient (Wildman–Crippen LogP) is 4.56. The molecule has 3 heteroatoms. The summed E-state index contributed by atoms with van der Waals surface area (Å²) in [5, 5.41) is 5.36. The number of hydrogen-bond donors (Lipinski definition) is 1. The molecule has 0 saturated heterocycles. The van der Waals surface area contributed by atoms with Crippen molar-refractivity contribution in [3.8, 4) is 0 Å². The molecule has 112 valence electrons. The Kier molecular flexibility index (Phi) is 3.70. The zero-order valence-electron chi connectivity index (χ0n) is 13.4. The average molecular weight is 292 g/mol. The summed E-state index contributed by atoms with van der Waals surface area (Å²) in [7, 11) is 0. The van der Waals surface area contributed by atoms with Crippen LogP contribution in [0.4, 0.5) is 0 Å². The molecular weight excluding hydrogens is 264 g/mol. The van der Waals surface area contributed by atoms with E-state index >= 15 is 0 Å². The molecule has 2 fully saturated rings. The van der Waals surface area contributed by atoms with E-state index in [1.54, 1.807) is 0 Å². The first-order valence-corrected chi connectivity index (χ1v) is 9.00. The van der Waals surface area contributed by atoms with Crippen molar-refractivity contribution < 1.29 is 0 Å². The second kappa shape index (κ2) is 5.10. The van der Waals surface area contributed by atoms with E-state index in [1.165, 1.54) is 54.1 Å². The van der Waals surface area contributed by atoms with Crippen LogP contribution >= 0.6 is 11.3 Å². The lowest BCUT2D eigenvalue weighted by atomic mass is 9.68. The second-order valence-electron chi connectivity index (χ2n) is 7.57. The maximum absolute atomic E-state index is 5.03. The van der Waals surface area contributed by atoms with Gasteiger partial charge in [0.05, 0.1) is 11.2 Å². The van der Waals surface area contributed by atoms with Gasteiger partial charge in [-0.1, -0.05) is 27.2 Å². The summed E-state index contributed by atoms with van der Waals surface area (Å²) in [5.74, 6) is 0. The molecule has 0 radical (unpaired) electrons. The minimum Gasteiger partial charge on any atom is -0.303 e. The summed E-state index contributed by atoms with van der Waals surface area (Å²) in [6, 6.07) is 0.748. The first kappa shape index (κ1) is 14.5. The summed E-state index contributed by atoms with van der Waals surface area (Å²) in [6.07, 6.45) is 8.96. The van der Waals surface area contributed by atoms with Gasteiger partial charge in [0.25, 0.3) is 0 Å². The predicted molar refractivity (Wildman–Crippen MR) is 86.3 cm³/mol. The largest absolute Gasteiger partial charge is 0.303 e. The van der Waals surface area contributed by atoms with Gasteiger partial charge in [-0.05, 0) is 50.9 Å². The molecule has 0 spiro atoms. The van der Waals surface area contributed by atoms with Crippen molar-refractivity contribution in [2.75, 3.05) is 0 Å². The van der Waals surface area contributed by atoms with Crippen molar-refractivity contribution in [1.82, 2.24) is 10.3 Å². The Labute approximate surface area is 127 Å². The normalized spacial score (nSPS) is 29.6.